The van der Waals surface area contributed by atoms with Crippen LogP contribution in [-0.4, -0.2) is 36.1 Å². The van der Waals surface area contributed by atoms with Crippen molar-refractivity contribution in [3.8, 4) is 0 Å². The monoisotopic (exact) mass is 298 g/mol. The van der Waals surface area contributed by atoms with Gasteiger partial charge in [0.05, 0.1) is 17.7 Å². The van der Waals surface area contributed by atoms with Crippen LogP contribution in [0.2, 0.25) is 0 Å². The van der Waals surface area contributed by atoms with Crippen molar-refractivity contribution in [2.45, 2.75) is 19.4 Å². The molecule has 1 fully saturated rings. The first-order valence-electron chi connectivity index (χ1n) is 6.59. The first-order valence-corrected chi connectivity index (χ1v) is 6.59. The van der Waals surface area contributed by atoms with Gasteiger partial charge in [0.2, 0.25) is 11.8 Å². The highest BCUT2D eigenvalue weighted by atomic mass is 19.1. The fourth-order valence-corrected chi connectivity index (χ4v) is 2.21. The van der Waals surface area contributed by atoms with Crippen molar-refractivity contribution in [1.82, 2.24) is 5.32 Å². The lowest BCUT2D eigenvalue weighted by atomic mass is 10.1. The summed E-state index contributed by atoms with van der Waals surface area (Å²) in [5, 5.41) is 11.6. The summed E-state index contributed by atoms with van der Waals surface area (Å²) < 4.78 is 26.6. The quantitative estimate of drug-likeness (QED) is 0.864. The Morgan fingerprint density at radius 2 is 2.24 bits per heavy atom. The van der Waals surface area contributed by atoms with Gasteiger partial charge in [-0.15, -0.1) is 0 Å². The zero-order valence-electron chi connectivity index (χ0n) is 11.5. The average molecular weight is 298 g/mol. The summed E-state index contributed by atoms with van der Waals surface area (Å²) >= 11 is 0. The third-order valence-corrected chi connectivity index (χ3v) is 3.27. The van der Waals surface area contributed by atoms with Crippen LogP contribution >= 0.6 is 0 Å². The van der Waals surface area contributed by atoms with Crippen LogP contribution in [0, 0.1) is 17.6 Å². The first kappa shape index (κ1) is 15.4. The first-order chi connectivity index (χ1) is 9.88. The number of benzene rings is 1. The van der Waals surface area contributed by atoms with Gasteiger partial charge in [0.15, 0.2) is 0 Å². The van der Waals surface area contributed by atoms with Gasteiger partial charge < -0.3 is 15.3 Å². The van der Waals surface area contributed by atoms with Crippen molar-refractivity contribution in [2.24, 2.45) is 5.92 Å². The van der Waals surface area contributed by atoms with E-state index in [-0.39, 0.29) is 31.1 Å². The van der Waals surface area contributed by atoms with Gasteiger partial charge in [-0.05, 0) is 19.1 Å². The van der Waals surface area contributed by atoms with E-state index in [0.29, 0.717) is 6.07 Å². The summed E-state index contributed by atoms with van der Waals surface area (Å²) in [5.41, 5.74) is -0.0350. The van der Waals surface area contributed by atoms with Crippen molar-refractivity contribution < 1.29 is 23.5 Å². The number of amides is 2. The van der Waals surface area contributed by atoms with Crippen molar-refractivity contribution >= 4 is 17.5 Å². The fraction of sp³-hybridized carbons (Fsp3) is 0.429. The lowest BCUT2D eigenvalue weighted by molar-refractivity contribution is -0.126. The van der Waals surface area contributed by atoms with Crippen LogP contribution < -0.4 is 10.2 Å². The van der Waals surface area contributed by atoms with Crippen molar-refractivity contribution in [1.29, 1.82) is 0 Å². The zero-order valence-corrected chi connectivity index (χ0v) is 11.5. The maximum absolute atomic E-state index is 13.7. The summed E-state index contributed by atoms with van der Waals surface area (Å²) in [6.07, 6.45) is -0.723. The number of hydrogen-bond acceptors (Lipinski definition) is 3. The molecule has 2 amide bonds. The third-order valence-electron chi connectivity index (χ3n) is 3.27. The Kier molecular flexibility index (Phi) is 4.52. The molecule has 1 aliphatic heterocycles. The molecule has 1 aliphatic rings. The number of aliphatic hydroxyl groups is 1. The van der Waals surface area contributed by atoms with E-state index in [4.69, 9.17) is 5.11 Å². The number of aliphatic hydroxyl groups excluding tert-OH is 1. The van der Waals surface area contributed by atoms with Gasteiger partial charge in [-0.1, -0.05) is 0 Å². The molecule has 0 bridgehead atoms. The second-order valence-electron chi connectivity index (χ2n) is 5.10. The average Bonchev–Trinajstić information content (AvgIpc) is 2.78. The summed E-state index contributed by atoms with van der Waals surface area (Å²) in [7, 11) is 0. The molecule has 5 nitrogen and oxygen atoms in total. The van der Waals surface area contributed by atoms with E-state index in [0.717, 1.165) is 11.0 Å². The van der Waals surface area contributed by atoms with E-state index in [2.05, 4.69) is 5.32 Å². The molecule has 0 aliphatic carbocycles. The lowest BCUT2D eigenvalue weighted by Crippen LogP contribution is -2.36. The van der Waals surface area contributed by atoms with Gasteiger partial charge >= 0.3 is 0 Å². The Morgan fingerprint density at radius 3 is 2.86 bits per heavy atom. The smallest absolute Gasteiger partial charge is 0.227 e. The van der Waals surface area contributed by atoms with Gasteiger partial charge in [-0.3, -0.25) is 9.59 Å². The van der Waals surface area contributed by atoms with E-state index in [1.54, 1.807) is 0 Å². The Hall–Kier alpha value is -2.02. The molecule has 0 aromatic heterocycles. The predicted octanol–water partition coefficient (Wildman–Crippen LogP) is 0.815. The van der Waals surface area contributed by atoms with E-state index in [1.807, 2.05) is 0 Å². The summed E-state index contributed by atoms with van der Waals surface area (Å²) in [4.78, 5) is 24.9. The zero-order chi connectivity index (χ0) is 15.6. The minimum atomic E-state index is -0.839. The number of nitrogens with one attached hydrogen (secondary N) is 1. The molecule has 0 saturated carbocycles. The van der Waals surface area contributed by atoms with E-state index in [1.165, 1.54) is 13.0 Å². The van der Waals surface area contributed by atoms with Crippen LogP contribution in [0.5, 0.6) is 0 Å². The molecular formula is C14H16F2N2O3. The molecule has 2 atom stereocenters. The molecule has 2 unspecified atom stereocenters. The number of rotatable bonds is 4. The van der Waals surface area contributed by atoms with Crippen molar-refractivity contribution in [3.63, 3.8) is 0 Å². The van der Waals surface area contributed by atoms with Crippen LogP contribution in [0.3, 0.4) is 0 Å². The summed E-state index contributed by atoms with van der Waals surface area (Å²) in [6.45, 7) is 1.65. The Bertz CT molecular complexity index is 563. The van der Waals surface area contributed by atoms with Crippen molar-refractivity contribution in [3.05, 3.63) is 29.8 Å². The second kappa shape index (κ2) is 6.17. The third kappa shape index (κ3) is 3.55. The van der Waals surface area contributed by atoms with Crippen LogP contribution in [0.4, 0.5) is 14.5 Å². The number of hydrogen-bond donors (Lipinski definition) is 2. The summed E-state index contributed by atoms with van der Waals surface area (Å²) in [6, 6.07) is 2.94. The number of anilines is 1. The van der Waals surface area contributed by atoms with Crippen molar-refractivity contribution in [2.75, 3.05) is 18.0 Å². The molecule has 0 radical (unpaired) electrons. The van der Waals surface area contributed by atoms with Gasteiger partial charge in [-0.2, -0.15) is 0 Å². The molecule has 21 heavy (non-hydrogen) atoms. The minimum Gasteiger partial charge on any atom is -0.392 e. The van der Waals surface area contributed by atoms with Crippen LogP contribution in [0.15, 0.2) is 18.2 Å². The maximum atomic E-state index is 13.7. The molecule has 1 heterocycles. The predicted molar refractivity (Wildman–Crippen MR) is 71.5 cm³/mol. The number of carbonyl (C=O) groups is 2. The number of nitrogens with zero attached hydrogens (tertiary/aromatic N) is 1. The van der Waals surface area contributed by atoms with E-state index < -0.39 is 29.6 Å². The Balaban J connectivity index is 2.07. The topological polar surface area (TPSA) is 69.6 Å². The molecule has 2 rings (SSSR count). The number of carbonyl (C=O) groups excluding carboxylic acids is 2. The van der Waals surface area contributed by atoms with E-state index >= 15 is 0 Å². The summed E-state index contributed by atoms with van der Waals surface area (Å²) in [5.74, 6) is -2.94. The highest BCUT2D eigenvalue weighted by Gasteiger charge is 2.36. The van der Waals surface area contributed by atoms with Gasteiger partial charge in [0.25, 0.3) is 0 Å². The molecule has 0 spiro atoms. The molecule has 7 heteroatoms. The van der Waals surface area contributed by atoms with Crippen LogP contribution in [0.25, 0.3) is 0 Å². The number of halogens is 2. The van der Waals surface area contributed by atoms with Gasteiger partial charge in [-0.25, -0.2) is 8.78 Å². The highest BCUT2D eigenvalue weighted by Crippen LogP contribution is 2.27. The highest BCUT2D eigenvalue weighted by molar-refractivity contribution is 6.00. The molecule has 1 aromatic carbocycles. The van der Waals surface area contributed by atoms with Crippen LogP contribution in [0.1, 0.15) is 13.3 Å². The fourth-order valence-electron chi connectivity index (χ4n) is 2.21. The Labute approximate surface area is 120 Å². The van der Waals surface area contributed by atoms with E-state index in [9.17, 15) is 18.4 Å². The molecular weight excluding hydrogens is 282 g/mol. The van der Waals surface area contributed by atoms with Crippen LogP contribution in [-0.2, 0) is 9.59 Å². The van der Waals surface area contributed by atoms with Gasteiger partial charge in [0, 0.05) is 25.6 Å². The normalized spacial score (nSPS) is 19.7. The molecule has 1 aromatic rings. The standard InChI is InChI=1S/C14H16F2N2O3/c1-8(19)6-17-14(21)9-4-13(20)18(7-9)12-3-2-10(15)5-11(12)16/h2-3,5,8-9,19H,4,6-7H2,1H3,(H,17,21). The second-order valence-corrected chi connectivity index (χ2v) is 5.10. The SMILES string of the molecule is CC(O)CNC(=O)C1CC(=O)N(c2ccc(F)cc2F)C1. The Morgan fingerprint density at radius 1 is 1.52 bits per heavy atom. The minimum absolute atomic E-state index is 0.0348. The maximum Gasteiger partial charge on any atom is 0.227 e. The molecule has 114 valence electrons. The molecule has 2 N–H and O–H groups in total. The lowest BCUT2D eigenvalue weighted by Gasteiger charge is -2.17. The largest absolute Gasteiger partial charge is 0.392 e. The molecule has 1 saturated heterocycles. The van der Waals surface area contributed by atoms with Gasteiger partial charge in [0.1, 0.15) is 11.6 Å².